The van der Waals surface area contributed by atoms with Crippen LogP contribution in [-0.2, 0) is 12.0 Å². The Morgan fingerprint density at radius 1 is 0.786 bits per heavy atom. The molecule has 4 aromatic rings. The minimum atomic E-state index is -2.08. The molecule has 0 bridgehead atoms. The molecule has 0 spiro atoms. The van der Waals surface area contributed by atoms with Gasteiger partial charge in [0, 0.05) is 12.0 Å². The van der Waals surface area contributed by atoms with E-state index in [9.17, 15) is 0 Å². The number of hydrogen-bond acceptors (Lipinski definition) is 3. The lowest BCUT2D eigenvalue weighted by atomic mass is 10.4. The third-order valence-corrected chi connectivity index (χ3v) is 8.80. The number of hydrogen-bond donors (Lipinski definition) is 0. The van der Waals surface area contributed by atoms with E-state index in [4.69, 9.17) is 7.57 Å². The minimum Gasteiger partial charge on any atom is -0.242 e. The molecule has 1 heterocycles. The molecular weight excluding hydrogens is 380 g/mol. The SMILES string of the molecule is [B][P+](Cc1cn(CSc2ccccc2)nn1)(c1ccccc1)c1ccccc1. The van der Waals surface area contributed by atoms with Crippen LogP contribution in [-0.4, -0.2) is 22.6 Å². The molecule has 0 aliphatic carbocycles. The average molecular weight is 400 g/mol. The first-order valence-corrected chi connectivity index (χ1v) is 12.1. The first-order chi connectivity index (χ1) is 13.7. The van der Waals surface area contributed by atoms with Crippen molar-refractivity contribution in [3.63, 3.8) is 0 Å². The Balaban J connectivity index is 1.56. The van der Waals surface area contributed by atoms with E-state index in [0.717, 1.165) is 11.6 Å². The molecule has 1 aromatic heterocycles. The van der Waals surface area contributed by atoms with E-state index in [1.807, 2.05) is 65.5 Å². The van der Waals surface area contributed by atoms with Gasteiger partial charge in [0.25, 0.3) is 0 Å². The number of benzene rings is 3. The Morgan fingerprint density at radius 2 is 1.32 bits per heavy atom. The van der Waals surface area contributed by atoms with E-state index in [1.165, 1.54) is 15.5 Å². The maximum absolute atomic E-state index is 7.08. The molecule has 0 atom stereocenters. The Bertz CT molecular complexity index is 970. The topological polar surface area (TPSA) is 30.7 Å². The van der Waals surface area contributed by atoms with Crippen molar-refractivity contribution in [1.29, 1.82) is 0 Å². The van der Waals surface area contributed by atoms with E-state index in [0.29, 0.717) is 6.16 Å². The van der Waals surface area contributed by atoms with Crippen molar-refractivity contribution < 1.29 is 0 Å². The van der Waals surface area contributed by atoms with Gasteiger partial charge < -0.3 is 0 Å². The molecule has 3 nitrogen and oxygen atoms in total. The standard InChI is InChI=1S/C22H20BN3PS/c23-27(20-10-4-1-5-11-20,21-12-6-2-7-13-21)17-19-16-26(25-24-19)18-28-22-14-8-3-9-15-22/h1-16H,17-18H2/q+1. The van der Waals surface area contributed by atoms with Crippen molar-refractivity contribution in [1.82, 2.24) is 15.0 Å². The first-order valence-electron chi connectivity index (χ1n) is 9.09. The van der Waals surface area contributed by atoms with E-state index < -0.39 is 7.14 Å². The molecule has 28 heavy (non-hydrogen) atoms. The summed E-state index contributed by atoms with van der Waals surface area (Å²) in [5, 5.41) is 11.1. The van der Waals surface area contributed by atoms with Crippen molar-refractivity contribution in [2.45, 2.75) is 16.9 Å². The Morgan fingerprint density at radius 3 is 1.89 bits per heavy atom. The van der Waals surface area contributed by atoms with Crippen LogP contribution in [0.5, 0.6) is 0 Å². The first kappa shape index (κ1) is 19.0. The Kier molecular flexibility index (Phi) is 5.94. The number of rotatable bonds is 7. The van der Waals surface area contributed by atoms with Crippen LogP contribution < -0.4 is 10.6 Å². The highest BCUT2D eigenvalue weighted by atomic mass is 32.2. The lowest BCUT2D eigenvalue weighted by Crippen LogP contribution is -2.24. The summed E-state index contributed by atoms with van der Waals surface area (Å²) in [6.45, 7) is 0. The van der Waals surface area contributed by atoms with Gasteiger partial charge in [-0.15, -0.1) is 16.9 Å². The van der Waals surface area contributed by atoms with Gasteiger partial charge in [0.2, 0.25) is 0 Å². The minimum absolute atomic E-state index is 0.691. The van der Waals surface area contributed by atoms with Gasteiger partial charge in [0.15, 0.2) is 0 Å². The zero-order valence-corrected chi connectivity index (χ0v) is 17.1. The molecule has 6 heteroatoms. The van der Waals surface area contributed by atoms with Gasteiger partial charge in [-0.2, -0.15) is 0 Å². The lowest BCUT2D eigenvalue weighted by molar-refractivity contribution is 0.700. The van der Waals surface area contributed by atoms with Crippen LogP contribution in [0.25, 0.3) is 0 Å². The highest BCUT2D eigenvalue weighted by molar-refractivity contribution is 8.07. The van der Waals surface area contributed by atoms with Crippen LogP contribution in [0.1, 0.15) is 5.69 Å². The molecule has 0 saturated carbocycles. The molecule has 136 valence electrons. The van der Waals surface area contributed by atoms with Crippen LogP contribution in [0.15, 0.2) is 102 Å². The lowest BCUT2D eigenvalue weighted by Gasteiger charge is -2.22. The number of aromatic nitrogens is 3. The van der Waals surface area contributed by atoms with Crippen LogP contribution in [0.4, 0.5) is 0 Å². The van der Waals surface area contributed by atoms with E-state index in [-0.39, 0.29) is 0 Å². The van der Waals surface area contributed by atoms with Crippen molar-refractivity contribution in [3.05, 3.63) is 103 Å². The predicted octanol–water partition coefficient (Wildman–Crippen LogP) is 4.28. The van der Waals surface area contributed by atoms with Gasteiger partial charge in [-0.05, 0) is 36.4 Å². The molecule has 0 unspecified atom stereocenters. The molecule has 0 aliphatic rings. The second-order valence-corrected chi connectivity index (χ2v) is 10.6. The van der Waals surface area contributed by atoms with Crippen molar-refractivity contribution >= 4 is 37.1 Å². The average Bonchev–Trinajstić information content (AvgIpc) is 3.21. The van der Waals surface area contributed by atoms with Crippen molar-refractivity contribution in [2.24, 2.45) is 0 Å². The Labute approximate surface area is 171 Å². The second-order valence-electron chi connectivity index (χ2n) is 6.53. The number of thioether (sulfide) groups is 1. The molecule has 0 saturated heterocycles. The summed E-state index contributed by atoms with van der Waals surface area (Å²) in [5.74, 6) is 0.726. The highest BCUT2D eigenvalue weighted by Crippen LogP contribution is 2.54. The monoisotopic (exact) mass is 400 g/mol. The quantitative estimate of drug-likeness (QED) is 0.264. The molecule has 0 fully saturated rings. The molecule has 0 N–H and O–H groups in total. The van der Waals surface area contributed by atoms with Gasteiger partial charge in [0.05, 0.1) is 28.8 Å². The zero-order valence-electron chi connectivity index (χ0n) is 15.4. The largest absolute Gasteiger partial charge is 0.377 e. The van der Waals surface area contributed by atoms with E-state index in [1.54, 1.807) is 11.8 Å². The Hall–Kier alpha value is -2.36. The molecule has 3 aromatic carbocycles. The summed E-state index contributed by atoms with van der Waals surface area (Å²) >= 11 is 1.74. The smallest absolute Gasteiger partial charge is 0.242 e. The summed E-state index contributed by atoms with van der Waals surface area (Å²) in [7, 11) is 4.99. The van der Waals surface area contributed by atoms with Gasteiger partial charge in [-0.1, -0.05) is 59.8 Å². The maximum atomic E-state index is 7.08. The highest BCUT2D eigenvalue weighted by Gasteiger charge is 2.38. The summed E-state index contributed by atoms with van der Waals surface area (Å²) < 4.78 is 1.88. The number of nitrogens with zero attached hydrogens (tertiary/aromatic N) is 3. The third-order valence-electron chi connectivity index (χ3n) is 4.54. The fourth-order valence-electron chi connectivity index (χ4n) is 3.11. The molecule has 0 amide bonds. The van der Waals surface area contributed by atoms with Gasteiger partial charge >= 0.3 is 7.57 Å². The third kappa shape index (κ3) is 4.37. The van der Waals surface area contributed by atoms with Crippen molar-refractivity contribution in [2.75, 3.05) is 0 Å². The van der Waals surface area contributed by atoms with Crippen LogP contribution in [0.3, 0.4) is 0 Å². The fourth-order valence-corrected chi connectivity index (χ4v) is 6.59. The van der Waals surface area contributed by atoms with Gasteiger partial charge in [-0.3, -0.25) is 0 Å². The summed E-state index contributed by atoms with van der Waals surface area (Å²) in [6.07, 6.45) is 2.71. The normalized spacial score (nSPS) is 11.4. The molecule has 4 rings (SSSR count). The van der Waals surface area contributed by atoms with E-state index >= 15 is 0 Å². The summed E-state index contributed by atoms with van der Waals surface area (Å²) in [5.41, 5.74) is 0.928. The van der Waals surface area contributed by atoms with Crippen molar-refractivity contribution in [3.8, 4) is 0 Å². The summed E-state index contributed by atoms with van der Waals surface area (Å²) in [4.78, 5) is 1.22. The summed E-state index contributed by atoms with van der Waals surface area (Å²) in [6, 6.07) is 31.0. The predicted molar refractivity (Wildman–Crippen MR) is 121 cm³/mol. The zero-order chi connectivity index (χ0) is 19.2. The molecule has 2 radical (unpaired) electrons. The van der Waals surface area contributed by atoms with Crippen LogP contribution in [0, 0.1) is 0 Å². The molecule has 0 aliphatic heterocycles. The van der Waals surface area contributed by atoms with Gasteiger partial charge in [-0.25, -0.2) is 4.68 Å². The fraction of sp³-hybridized carbons (Fsp3) is 0.0909. The van der Waals surface area contributed by atoms with Crippen LogP contribution in [0.2, 0.25) is 0 Å². The maximum Gasteiger partial charge on any atom is 0.377 e. The van der Waals surface area contributed by atoms with Gasteiger partial charge in [0.1, 0.15) is 5.69 Å². The second kappa shape index (κ2) is 8.77. The van der Waals surface area contributed by atoms with Crippen LogP contribution >= 0.6 is 18.9 Å². The van der Waals surface area contributed by atoms with E-state index in [2.05, 4.69) is 46.7 Å². The molecular formula is C22H20BN3PS+.